The predicted molar refractivity (Wildman–Crippen MR) is 83.2 cm³/mol. The normalized spacial score (nSPS) is 16.2. The van der Waals surface area contributed by atoms with Crippen LogP contribution in [-0.2, 0) is 11.3 Å². The van der Waals surface area contributed by atoms with Crippen molar-refractivity contribution < 1.29 is 4.79 Å². The highest BCUT2D eigenvalue weighted by atomic mass is 35.5. The zero-order chi connectivity index (χ0) is 14.5. The molecule has 110 valence electrons. The van der Waals surface area contributed by atoms with Crippen LogP contribution in [0.3, 0.4) is 0 Å². The van der Waals surface area contributed by atoms with Crippen LogP contribution in [0.25, 0.3) is 0 Å². The van der Waals surface area contributed by atoms with Gasteiger partial charge >= 0.3 is 0 Å². The molecule has 2 rings (SSSR count). The number of piperidine rings is 1. The first-order valence-corrected chi connectivity index (χ1v) is 7.43. The minimum Gasteiger partial charge on any atom is -0.371 e. The van der Waals surface area contributed by atoms with Gasteiger partial charge in [-0.25, -0.2) is 0 Å². The Bertz CT molecular complexity index is 470. The molecule has 0 aromatic heterocycles. The fourth-order valence-electron chi connectivity index (χ4n) is 2.78. The standard InChI is InChI=1S/C15H22ClN3O/c1-17-10-12-9-13(16)3-4-14(12)19-7-5-11(6-8-19)15(20)18-2/h3-4,9,11,17H,5-8,10H2,1-2H3,(H,18,20). The maximum Gasteiger partial charge on any atom is 0.222 e. The van der Waals surface area contributed by atoms with Gasteiger partial charge in [0.1, 0.15) is 0 Å². The molecule has 5 heteroatoms. The molecule has 1 aliphatic heterocycles. The van der Waals surface area contributed by atoms with Gasteiger partial charge in [0.05, 0.1) is 0 Å². The Labute approximate surface area is 125 Å². The van der Waals surface area contributed by atoms with E-state index in [-0.39, 0.29) is 11.8 Å². The number of carbonyl (C=O) groups excluding carboxylic acids is 1. The first-order chi connectivity index (χ1) is 9.65. The van der Waals surface area contributed by atoms with E-state index in [1.165, 1.54) is 11.3 Å². The van der Waals surface area contributed by atoms with Crippen LogP contribution in [0, 0.1) is 5.92 Å². The third-order valence-corrected chi connectivity index (χ3v) is 4.10. The Kier molecular flexibility index (Phi) is 5.26. The number of amides is 1. The van der Waals surface area contributed by atoms with Crippen LogP contribution in [0.15, 0.2) is 18.2 Å². The largest absolute Gasteiger partial charge is 0.371 e. The lowest BCUT2D eigenvalue weighted by Gasteiger charge is -2.34. The first kappa shape index (κ1) is 15.1. The maximum absolute atomic E-state index is 11.7. The van der Waals surface area contributed by atoms with E-state index in [4.69, 9.17) is 11.6 Å². The summed E-state index contributed by atoms with van der Waals surface area (Å²) in [6, 6.07) is 6.02. The van der Waals surface area contributed by atoms with Crippen LogP contribution in [0.4, 0.5) is 5.69 Å². The van der Waals surface area contributed by atoms with Gasteiger partial charge in [0.2, 0.25) is 5.91 Å². The second-order valence-electron chi connectivity index (χ2n) is 5.18. The number of nitrogens with one attached hydrogen (secondary N) is 2. The number of halogens is 1. The van der Waals surface area contributed by atoms with Crippen molar-refractivity contribution in [1.82, 2.24) is 10.6 Å². The van der Waals surface area contributed by atoms with Gasteiger partial charge in [0, 0.05) is 43.3 Å². The van der Waals surface area contributed by atoms with Crippen LogP contribution >= 0.6 is 11.6 Å². The van der Waals surface area contributed by atoms with Crippen molar-refractivity contribution in [3.8, 4) is 0 Å². The molecular formula is C15H22ClN3O. The van der Waals surface area contributed by atoms with Gasteiger partial charge in [0.25, 0.3) is 0 Å². The Hall–Kier alpha value is -1.26. The van der Waals surface area contributed by atoms with Crippen LogP contribution in [0.1, 0.15) is 18.4 Å². The van der Waals surface area contributed by atoms with Crippen molar-refractivity contribution in [1.29, 1.82) is 0 Å². The molecule has 1 aromatic carbocycles. The maximum atomic E-state index is 11.7. The second kappa shape index (κ2) is 6.95. The summed E-state index contributed by atoms with van der Waals surface area (Å²) in [5, 5.41) is 6.68. The zero-order valence-corrected chi connectivity index (χ0v) is 12.8. The van der Waals surface area contributed by atoms with Gasteiger partial charge in [-0.1, -0.05) is 11.6 Å². The molecule has 0 radical (unpaired) electrons. The summed E-state index contributed by atoms with van der Waals surface area (Å²) < 4.78 is 0. The molecule has 1 fully saturated rings. The van der Waals surface area contributed by atoms with Gasteiger partial charge in [-0.15, -0.1) is 0 Å². The van der Waals surface area contributed by atoms with Crippen LogP contribution in [0.5, 0.6) is 0 Å². The number of benzene rings is 1. The molecule has 0 saturated carbocycles. The minimum atomic E-state index is 0.149. The average Bonchev–Trinajstić information content (AvgIpc) is 2.47. The van der Waals surface area contributed by atoms with Crippen molar-refractivity contribution in [3.05, 3.63) is 28.8 Å². The molecule has 1 amide bonds. The van der Waals surface area contributed by atoms with Crippen LogP contribution < -0.4 is 15.5 Å². The Morgan fingerprint density at radius 1 is 1.35 bits per heavy atom. The highest BCUT2D eigenvalue weighted by Gasteiger charge is 2.25. The molecule has 1 aliphatic rings. The van der Waals surface area contributed by atoms with E-state index < -0.39 is 0 Å². The SMILES string of the molecule is CNCc1cc(Cl)ccc1N1CCC(C(=O)NC)CC1. The van der Waals surface area contributed by atoms with Crippen LogP contribution in [-0.4, -0.2) is 33.1 Å². The molecule has 0 atom stereocenters. The van der Waals surface area contributed by atoms with Gasteiger partial charge < -0.3 is 15.5 Å². The number of carbonyl (C=O) groups is 1. The number of anilines is 1. The summed E-state index contributed by atoms with van der Waals surface area (Å²) in [6.45, 7) is 2.62. The van der Waals surface area contributed by atoms with Gasteiger partial charge in [-0.3, -0.25) is 4.79 Å². The molecule has 0 spiro atoms. The Balaban J connectivity index is 2.08. The molecule has 0 bridgehead atoms. The van der Waals surface area contributed by atoms with E-state index in [9.17, 15) is 4.79 Å². The fourth-order valence-corrected chi connectivity index (χ4v) is 2.98. The van der Waals surface area contributed by atoms with E-state index in [0.717, 1.165) is 37.5 Å². The number of rotatable bonds is 4. The summed E-state index contributed by atoms with van der Waals surface area (Å²) in [6.07, 6.45) is 1.81. The summed E-state index contributed by atoms with van der Waals surface area (Å²) in [4.78, 5) is 14.0. The quantitative estimate of drug-likeness (QED) is 0.893. The number of nitrogens with zero attached hydrogens (tertiary/aromatic N) is 1. The molecule has 0 aliphatic carbocycles. The van der Waals surface area contributed by atoms with Gasteiger partial charge in [-0.2, -0.15) is 0 Å². The lowest BCUT2D eigenvalue weighted by molar-refractivity contribution is -0.125. The average molecular weight is 296 g/mol. The molecule has 4 nitrogen and oxygen atoms in total. The lowest BCUT2D eigenvalue weighted by atomic mass is 9.95. The smallest absolute Gasteiger partial charge is 0.222 e. The van der Waals surface area contributed by atoms with E-state index in [1.54, 1.807) is 7.05 Å². The topological polar surface area (TPSA) is 44.4 Å². The Morgan fingerprint density at radius 3 is 2.65 bits per heavy atom. The van der Waals surface area contributed by atoms with E-state index in [0.29, 0.717) is 0 Å². The predicted octanol–water partition coefficient (Wildman–Crippen LogP) is 2.02. The highest BCUT2D eigenvalue weighted by Crippen LogP contribution is 2.28. The van der Waals surface area contributed by atoms with E-state index in [1.807, 2.05) is 19.2 Å². The Morgan fingerprint density at radius 2 is 2.05 bits per heavy atom. The highest BCUT2D eigenvalue weighted by molar-refractivity contribution is 6.30. The van der Waals surface area contributed by atoms with Crippen LogP contribution in [0.2, 0.25) is 5.02 Å². The molecule has 1 saturated heterocycles. The third kappa shape index (κ3) is 3.44. The second-order valence-corrected chi connectivity index (χ2v) is 5.62. The summed E-state index contributed by atoms with van der Waals surface area (Å²) in [5.41, 5.74) is 2.43. The van der Waals surface area contributed by atoms with Crippen molar-refractivity contribution >= 4 is 23.2 Å². The zero-order valence-electron chi connectivity index (χ0n) is 12.1. The fraction of sp³-hybridized carbons (Fsp3) is 0.533. The van der Waals surface area contributed by atoms with Crippen molar-refractivity contribution in [3.63, 3.8) is 0 Å². The first-order valence-electron chi connectivity index (χ1n) is 7.05. The third-order valence-electron chi connectivity index (χ3n) is 3.86. The minimum absolute atomic E-state index is 0.149. The number of hydrogen-bond donors (Lipinski definition) is 2. The molecule has 2 N–H and O–H groups in total. The monoisotopic (exact) mass is 295 g/mol. The van der Waals surface area contributed by atoms with E-state index in [2.05, 4.69) is 21.6 Å². The lowest BCUT2D eigenvalue weighted by Crippen LogP contribution is -2.40. The summed E-state index contributed by atoms with van der Waals surface area (Å²) in [5.74, 6) is 0.313. The van der Waals surface area contributed by atoms with Crippen molar-refractivity contribution in [2.24, 2.45) is 5.92 Å². The molecule has 1 aromatic rings. The molecule has 0 unspecified atom stereocenters. The van der Waals surface area contributed by atoms with Crippen molar-refractivity contribution in [2.45, 2.75) is 19.4 Å². The molecule has 20 heavy (non-hydrogen) atoms. The van der Waals surface area contributed by atoms with E-state index >= 15 is 0 Å². The summed E-state index contributed by atoms with van der Waals surface area (Å²) in [7, 11) is 3.64. The number of hydrogen-bond acceptors (Lipinski definition) is 3. The summed E-state index contributed by atoms with van der Waals surface area (Å²) >= 11 is 6.08. The van der Waals surface area contributed by atoms with Gasteiger partial charge in [0.15, 0.2) is 0 Å². The van der Waals surface area contributed by atoms with Crippen molar-refractivity contribution in [2.75, 3.05) is 32.1 Å². The molecular weight excluding hydrogens is 274 g/mol. The van der Waals surface area contributed by atoms with Gasteiger partial charge in [-0.05, 0) is 43.7 Å². The molecule has 1 heterocycles.